The molecule has 0 atom stereocenters. The lowest BCUT2D eigenvalue weighted by Gasteiger charge is -2.09. The van der Waals surface area contributed by atoms with E-state index in [0.29, 0.717) is 12.4 Å². The number of hydrogen-bond acceptors (Lipinski definition) is 5. The van der Waals surface area contributed by atoms with Crippen LogP contribution in [0.3, 0.4) is 0 Å². The van der Waals surface area contributed by atoms with Crippen LogP contribution in [0.5, 0.6) is 0 Å². The third kappa shape index (κ3) is 4.98. The van der Waals surface area contributed by atoms with E-state index in [4.69, 9.17) is 4.74 Å². The summed E-state index contributed by atoms with van der Waals surface area (Å²) < 4.78 is 7.07. The molecule has 0 saturated heterocycles. The maximum atomic E-state index is 12.4. The normalized spacial score (nSPS) is 10.8. The van der Waals surface area contributed by atoms with Crippen molar-refractivity contribution < 1.29 is 14.3 Å². The van der Waals surface area contributed by atoms with E-state index in [-0.39, 0.29) is 17.5 Å². The third-order valence-corrected chi connectivity index (χ3v) is 5.64. The molecule has 6 heteroatoms. The average Bonchev–Trinajstić information content (AvgIpc) is 3.14. The molecular weight excluding hydrogens is 342 g/mol. The Morgan fingerprint density at radius 3 is 2.75 bits per heavy atom. The standard InChI is InChI=1S/C18H23NO3S2/c1-4-22-18(21)12-23-11-17(20)16-10-13(2)19(14(16)3)8-7-15-6-5-9-24-15/h5-6,9-10H,4,7-8,11-12H2,1-3H3. The number of nitrogens with zero attached hydrogens (tertiary/aromatic N) is 1. The number of carbonyl (C=O) groups excluding carboxylic acids is 2. The van der Waals surface area contributed by atoms with Crippen LogP contribution >= 0.6 is 23.1 Å². The first-order valence-corrected chi connectivity index (χ1v) is 10.0. The number of Topliss-reactive ketones (excluding diaryl/α,β-unsaturated/α-hetero) is 1. The van der Waals surface area contributed by atoms with Crippen molar-refractivity contribution in [2.75, 3.05) is 18.1 Å². The van der Waals surface area contributed by atoms with Crippen LogP contribution in [0.1, 0.15) is 33.5 Å². The fourth-order valence-electron chi connectivity index (χ4n) is 2.61. The molecule has 4 nitrogen and oxygen atoms in total. The van der Waals surface area contributed by atoms with Gasteiger partial charge in [-0.1, -0.05) is 6.07 Å². The maximum Gasteiger partial charge on any atom is 0.315 e. The molecule has 0 saturated carbocycles. The zero-order chi connectivity index (χ0) is 17.5. The van der Waals surface area contributed by atoms with Crippen LogP contribution in [-0.2, 0) is 22.5 Å². The Kier molecular flexibility index (Phi) is 7.12. The minimum absolute atomic E-state index is 0.0692. The number of ketones is 1. The molecule has 0 aliphatic carbocycles. The van der Waals surface area contributed by atoms with Crippen LogP contribution in [0.2, 0.25) is 0 Å². The quantitative estimate of drug-likeness (QED) is 0.500. The third-order valence-electron chi connectivity index (χ3n) is 3.79. The zero-order valence-corrected chi connectivity index (χ0v) is 16.0. The molecular formula is C18H23NO3S2. The molecule has 2 heterocycles. The number of aryl methyl sites for hydroxylation is 2. The van der Waals surface area contributed by atoms with E-state index in [1.165, 1.54) is 16.6 Å². The van der Waals surface area contributed by atoms with E-state index in [2.05, 4.69) is 22.1 Å². The van der Waals surface area contributed by atoms with Gasteiger partial charge in [-0.15, -0.1) is 23.1 Å². The Bertz CT molecular complexity index is 689. The van der Waals surface area contributed by atoms with Crippen molar-refractivity contribution in [3.8, 4) is 0 Å². The molecule has 0 spiro atoms. The van der Waals surface area contributed by atoms with Gasteiger partial charge in [0, 0.05) is 28.4 Å². The van der Waals surface area contributed by atoms with Crippen LogP contribution < -0.4 is 0 Å². The molecule has 2 rings (SSSR count). The molecule has 0 bridgehead atoms. The number of ether oxygens (including phenoxy) is 1. The van der Waals surface area contributed by atoms with Crippen LogP contribution in [0.25, 0.3) is 0 Å². The second kappa shape index (κ2) is 9.08. The Morgan fingerprint density at radius 1 is 1.29 bits per heavy atom. The molecule has 2 aromatic heterocycles. The molecule has 130 valence electrons. The number of hydrogen-bond donors (Lipinski definition) is 0. The molecule has 0 radical (unpaired) electrons. The zero-order valence-electron chi connectivity index (χ0n) is 14.3. The summed E-state index contributed by atoms with van der Waals surface area (Å²) in [7, 11) is 0. The highest BCUT2D eigenvalue weighted by Crippen LogP contribution is 2.19. The first kappa shape index (κ1) is 18.8. The van der Waals surface area contributed by atoms with Gasteiger partial charge in [0.25, 0.3) is 0 Å². The summed E-state index contributed by atoms with van der Waals surface area (Å²) in [5.74, 6) is 0.321. The van der Waals surface area contributed by atoms with Gasteiger partial charge in [-0.25, -0.2) is 0 Å². The summed E-state index contributed by atoms with van der Waals surface area (Å²) in [5.41, 5.74) is 2.86. The summed E-state index contributed by atoms with van der Waals surface area (Å²) in [4.78, 5) is 25.1. The van der Waals surface area contributed by atoms with Crippen molar-refractivity contribution in [1.29, 1.82) is 0 Å². The minimum atomic E-state index is -0.267. The van der Waals surface area contributed by atoms with Crippen LogP contribution in [0, 0.1) is 13.8 Å². The number of esters is 1. The summed E-state index contributed by atoms with van der Waals surface area (Å²) >= 11 is 3.07. The van der Waals surface area contributed by atoms with E-state index >= 15 is 0 Å². The maximum absolute atomic E-state index is 12.4. The van der Waals surface area contributed by atoms with E-state index in [9.17, 15) is 9.59 Å². The topological polar surface area (TPSA) is 48.3 Å². The van der Waals surface area contributed by atoms with Gasteiger partial charge in [-0.2, -0.15) is 0 Å². The van der Waals surface area contributed by atoms with Crippen molar-refractivity contribution in [1.82, 2.24) is 4.57 Å². The second-order valence-corrected chi connectivity index (χ2v) is 7.50. The highest BCUT2D eigenvalue weighted by Gasteiger charge is 2.16. The fourth-order valence-corrected chi connectivity index (χ4v) is 4.00. The minimum Gasteiger partial charge on any atom is -0.465 e. The van der Waals surface area contributed by atoms with Gasteiger partial charge in [0.2, 0.25) is 0 Å². The van der Waals surface area contributed by atoms with Crippen molar-refractivity contribution in [3.05, 3.63) is 45.4 Å². The Hall–Kier alpha value is -1.53. The van der Waals surface area contributed by atoms with Gasteiger partial charge in [0.1, 0.15) is 0 Å². The summed E-state index contributed by atoms with van der Waals surface area (Å²) in [6.07, 6.45) is 0.971. The highest BCUT2D eigenvalue weighted by molar-refractivity contribution is 8.00. The van der Waals surface area contributed by atoms with E-state index in [1.807, 2.05) is 19.9 Å². The predicted molar refractivity (Wildman–Crippen MR) is 100 cm³/mol. The van der Waals surface area contributed by atoms with Crippen LogP contribution in [0.4, 0.5) is 0 Å². The molecule has 0 aromatic carbocycles. The monoisotopic (exact) mass is 365 g/mol. The number of carbonyl (C=O) groups is 2. The lowest BCUT2D eigenvalue weighted by atomic mass is 10.2. The van der Waals surface area contributed by atoms with E-state index < -0.39 is 0 Å². The SMILES string of the molecule is CCOC(=O)CSCC(=O)c1cc(C)n(CCc2cccs2)c1C. The Morgan fingerprint density at radius 2 is 2.08 bits per heavy atom. The summed E-state index contributed by atoms with van der Waals surface area (Å²) in [6, 6.07) is 6.15. The summed E-state index contributed by atoms with van der Waals surface area (Å²) in [5, 5.41) is 2.08. The molecule has 24 heavy (non-hydrogen) atoms. The Labute approximate surface area is 151 Å². The van der Waals surface area contributed by atoms with Crippen LogP contribution in [-0.4, -0.2) is 34.4 Å². The van der Waals surface area contributed by atoms with Gasteiger partial charge in [0.15, 0.2) is 5.78 Å². The van der Waals surface area contributed by atoms with Crippen molar-refractivity contribution in [2.24, 2.45) is 0 Å². The summed E-state index contributed by atoms with van der Waals surface area (Å²) in [6.45, 7) is 7.05. The smallest absolute Gasteiger partial charge is 0.315 e. The number of thiophene rings is 1. The average molecular weight is 366 g/mol. The fraction of sp³-hybridized carbons (Fsp3) is 0.444. The van der Waals surface area contributed by atoms with Gasteiger partial charge in [-0.05, 0) is 44.7 Å². The molecule has 2 aromatic rings. The largest absolute Gasteiger partial charge is 0.465 e. The predicted octanol–water partition coefficient (Wildman–Crippen LogP) is 3.89. The number of thioether (sulfide) groups is 1. The van der Waals surface area contributed by atoms with Crippen molar-refractivity contribution in [2.45, 2.75) is 33.7 Å². The lowest BCUT2D eigenvalue weighted by Crippen LogP contribution is -2.11. The molecule has 0 aliphatic heterocycles. The number of aromatic nitrogens is 1. The molecule has 0 aliphatic rings. The Balaban J connectivity index is 1.94. The van der Waals surface area contributed by atoms with E-state index in [0.717, 1.165) is 29.9 Å². The number of rotatable bonds is 9. The van der Waals surface area contributed by atoms with Gasteiger partial charge in [-0.3, -0.25) is 9.59 Å². The van der Waals surface area contributed by atoms with Crippen molar-refractivity contribution in [3.63, 3.8) is 0 Å². The van der Waals surface area contributed by atoms with E-state index in [1.54, 1.807) is 18.3 Å². The highest BCUT2D eigenvalue weighted by atomic mass is 32.2. The first-order chi connectivity index (χ1) is 11.5. The van der Waals surface area contributed by atoms with Gasteiger partial charge < -0.3 is 9.30 Å². The molecule has 0 amide bonds. The van der Waals surface area contributed by atoms with Crippen LogP contribution in [0.15, 0.2) is 23.6 Å². The first-order valence-electron chi connectivity index (χ1n) is 7.98. The molecule has 0 N–H and O–H groups in total. The second-order valence-electron chi connectivity index (χ2n) is 5.49. The molecule has 0 unspecified atom stereocenters. The van der Waals surface area contributed by atoms with Crippen molar-refractivity contribution >= 4 is 34.9 Å². The molecule has 0 fully saturated rings. The van der Waals surface area contributed by atoms with Gasteiger partial charge in [0.05, 0.1) is 18.1 Å². The lowest BCUT2D eigenvalue weighted by molar-refractivity contribution is -0.139. The van der Waals surface area contributed by atoms with Gasteiger partial charge >= 0.3 is 5.97 Å².